The van der Waals surface area contributed by atoms with Gasteiger partial charge in [-0.25, -0.2) is 8.78 Å². The first-order valence-electron chi connectivity index (χ1n) is 9.46. The van der Waals surface area contributed by atoms with Crippen molar-refractivity contribution in [3.63, 3.8) is 0 Å². The lowest BCUT2D eigenvalue weighted by atomic mass is 9.67. The van der Waals surface area contributed by atoms with Gasteiger partial charge in [0, 0.05) is 33.4 Å². The maximum Gasteiger partial charge on any atom is 0.191 e. The van der Waals surface area contributed by atoms with Crippen molar-refractivity contribution in [2.45, 2.75) is 45.4 Å². The molecule has 27 heavy (non-hydrogen) atoms. The van der Waals surface area contributed by atoms with E-state index in [0.29, 0.717) is 6.54 Å². The Morgan fingerprint density at radius 2 is 2.00 bits per heavy atom. The molecule has 1 unspecified atom stereocenters. The highest BCUT2D eigenvalue weighted by Crippen LogP contribution is 2.44. The van der Waals surface area contributed by atoms with Gasteiger partial charge in [-0.1, -0.05) is 19.4 Å². The van der Waals surface area contributed by atoms with E-state index in [9.17, 15) is 8.78 Å². The number of ether oxygens (including phenoxy) is 1. The molecule has 1 saturated carbocycles. The van der Waals surface area contributed by atoms with E-state index in [4.69, 9.17) is 9.73 Å². The molecule has 1 atom stereocenters. The third-order valence-electron chi connectivity index (χ3n) is 5.26. The lowest BCUT2D eigenvalue weighted by Crippen LogP contribution is -2.41. The van der Waals surface area contributed by atoms with E-state index in [2.05, 4.69) is 10.6 Å². The topological polar surface area (TPSA) is 45.7 Å². The van der Waals surface area contributed by atoms with E-state index in [1.54, 1.807) is 13.2 Å². The van der Waals surface area contributed by atoms with E-state index < -0.39 is 11.6 Å². The quantitative estimate of drug-likeness (QED) is 0.303. The van der Waals surface area contributed by atoms with Crippen LogP contribution in [-0.4, -0.2) is 39.3 Å². The zero-order valence-electron chi connectivity index (χ0n) is 16.5. The van der Waals surface area contributed by atoms with Gasteiger partial charge < -0.3 is 15.4 Å². The summed E-state index contributed by atoms with van der Waals surface area (Å²) < 4.78 is 31.7. The monoisotopic (exact) mass is 495 g/mol. The average Bonchev–Trinajstić information content (AvgIpc) is 2.60. The van der Waals surface area contributed by atoms with Crippen molar-refractivity contribution in [2.24, 2.45) is 10.4 Å². The van der Waals surface area contributed by atoms with Crippen molar-refractivity contribution in [3.05, 3.63) is 35.4 Å². The van der Waals surface area contributed by atoms with Crippen LogP contribution >= 0.6 is 24.0 Å². The molecule has 154 valence electrons. The Balaban J connectivity index is 0.00000364. The molecule has 1 aromatic rings. The summed E-state index contributed by atoms with van der Waals surface area (Å²) in [5.74, 6) is -0.809. The molecular formula is C20H32F2IN3O. The van der Waals surface area contributed by atoms with Crippen LogP contribution in [0.25, 0.3) is 0 Å². The summed E-state index contributed by atoms with van der Waals surface area (Å²) >= 11 is 0. The van der Waals surface area contributed by atoms with Gasteiger partial charge in [-0.05, 0) is 55.2 Å². The fourth-order valence-corrected chi connectivity index (χ4v) is 3.26. The van der Waals surface area contributed by atoms with Gasteiger partial charge in [0.25, 0.3) is 0 Å². The Morgan fingerprint density at radius 3 is 2.56 bits per heavy atom. The van der Waals surface area contributed by atoms with Crippen molar-refractivity contribution < 1.29 is 13.5 Å². The largest absolute Gasteiger partial charge is 0.385 e. The standard InChI is InChI=1S/C20H31F2N3O.HI/c1-4-23-19(25-14-20(8-5-9-20)10-11-26-3)24-13-15(2)16-6-7-17(21)18(22)12-16;/h6-7,12,15H,4-5,8-11,13-14H2,1-3H3,(H2,23,24,25);1H. The zero-order chi connectivity index (χ0) is 19.0. The molecule has 1 fully saturated rings. The van der Waals surface area contributed by atoms with Gasteiger partial charge in [0.1, 0.15) is 0 Å². The van der Waals surface area contributed by atoms with E-state index in [1.165, 1.54) is 31.4 Å². The number of halogens is 3. The van der Waals surface area contributed by atoms with Crippen LogP contribution in [0.1, 0.15) is 51.0 Å². The van der Waals surface area contributed by atoms with Crippen LogP contribution in [0.2, 0.25) is 0 Å². The molecule has 2 N–H and O–H groups in total. The number of guanidine groups is 1. The van der Waals surface area contributed by atoms with Gasteiger partial charge in [0.15, 0.2) is 17.6 Å². The molecule has 0 spiro atoms. The first kappa shape index (κ1) is 24.1. The molecule has 4 nitrogen and oxygen atoms in total. The second-order valence-corrected chi connectivity index (χ2v) is 7.25. The van der Waals surface area contributed by atoms with Gasteiger partial charge >= 0.3 is 0 Å². The second kappa shape index (κ2) is 11.8. The predicted octanol–water partition coefficient (Wildman–Crippen LogP) is 4.45. The fourth-order valence-electron chi connectivity index (χ4n) is 3.26. The minimum atomic E-state index is -0.814. The Bertz CT molecular complexity index is 609. The normalized spacial score (nSPS) is 16.9. The Morgan fingerprint density at radius 1 is 1.26 bits per heavy atom. The molecule has 0 saturated heterocycles. The molecule has 2 rings (SSSR count). The molecule has 1 aliphatic rings. The van der Waals surface area contributed by atoms with Crippen molar-refractivity contribution in [3.8, 4) is 0 Å². The molecule has 1 aromatic carbocycles. The lowest BCUT2D eigenvalue weighted by molar-refractivity contribution is 0.0778. The van der Waals surface area contributed by atoms with Crippen molar-refractivity contribution >= 4 is 29.9 Å². The summed E-state index contributed by atoms with van der Waals surface area (Å²) in [7, 11) is 1.74. The van der Waals surface area contributed by atoms with Crippen LogP contribution in [0.3, 0.4) is 0 Å². The molecule has 1 aliphatic carbocycles. The first-order valence-corrected chi connectivity index (χ1v) is 9.46. The Kier molecular flexibility index (Phi) is 10.5. The van der Waals surface area contributed by atoms with Gasteiger partial charge in [-0.3, -0.25) is 4.99 Å². The lowest BCUT2D eigenvalue weighted by Gasteiger charge is -2.40. The summed E-state index contributed by atoms with van der Waals surface area (Å²) in [6.07, 6.45) is 4.70. The van der Waals surface area contributed by atoms with Crippen LogP contribution in [0.5, 0.6) is 0 Å². The third-order valence-corrected chi connectivity index (χ3v) is 5.26. The highest BCUT2D eigenvalue weighted by Gasteiger charge is 2.36. The van der Waals surface area contributed by atoms with E-state index in [0.717, 1.165) is 37.6 Å². The Hall–Kier alpha value is -0.960. The zero-order valence-corrected chi connectivity index (χ0v) is 18.8. The highest BCUT2D eigenvalue weighted by atomic mass is 127. The number of rotatable bonds is 9. The number of benzene rings is 1. The number of nitrogens with one attached hydrogen (secondary N) is 2. The molecular weight excluding hydrogens is 463 g/mol. The van der Waals surface area contributed by atoms with E-state index >= 15 is 0 Å². The highest BCUT2D eigenvalue weighted by molar-refractivity contribution is 14.0. The van der Waals surface area contributed by atoms with Crippen molar-refractivity contribution in [2.75, 3.05) is 33.4 Å². The molecule has 0 bridgehead atoms. The first-order chi connectivity index (χ1) is 12.5. The minimum absolute atomic E-state index is 0. The van der Waals surface area contributed by atoms with E-state index in [1.807, 2.05) is 13.8 Å². The van der Waals surface area contributed by atoms with Crippen molar-refractivity contribution in [1.82, 2.24) is 10.6 Å². The maximum absolute atomic E-state index is 13.4. The number of aliphatic imine (C=N–C) groups is 1. The predicted molar refractivity (Wildman–Crippen MR) is 117 cm³/mol. The average molecular weight is 495 g/mol. The van der Waals surface area contributed by atoms with Crippen LogP contribution < -0.4 is 10.6 Å². The second-order valence-electron chi connectivity index (χ2n) is 7.25. The molecule has 7 heteroatoms. The maximum atomic E-state index is 13.4. The summed E-state index contributed by atoms with van der Waals surface area (Å²) in [5, 5.41) is 6.58. The summed E-state index contributed by atoms with van der Waals surface area (Å²) in [5.41, 5.74) is 1.03. The van der Waals surface area contributed by atoms with Crippen LogP contribution in [0.15, 0.2) is 23.2 Å². The molecule has 0 radical (unpaired) electrons. The van der Waals surface area contributed by atoms with Gasteiger partial charge in [-0.15, -0.1) is 24.0 Å². The van der Waals surface area contributed by atoms with Crippen LogP contribution in [0.4, 0.5) is 8.78 Å². The number of hydrogen-bond acceptors (Lipinski definition) is 2. The SMILES string of the molecule is CCNC(=NCC1(CCOC)CCC1)NCC(C)c1ccc(F)c(F)c1.I. The molecule has 0 amide bonds. The van der Waals surface area contributed by atoms with Crippen LogP contribution in [-0.2, 0) is 4.74 Å². The molecule has 0 aromatic heterocycles. The van der Waals surface area contributed by atoms with Gasteiger partial charge in [-0.2, -0.15) is 0 Å². The van der Waals surface area contributed by atoms with Crippen LogP contribution in [0, 0.1) is 17.0 Å². The third kappa shape index (κ3) is 7.18. The van der Waals surface area contributed by atoms with Gasteiger partial charge in [0.2, 0.25) is 0 Å². The Labute approximate surface area is 178 Å². The summed E-state index contributed by atoms with van der Waals surface area (Å²) in [4.78, 5) is 4.76. The van der Waals surface area contributed by atoms with E-state index in [-0.39, 0.29) is 35.3 Å². The molecule has 0 aliphatic heterocycles. The fraction of sp³-hybridized carbons (Fsp3) is 0.650. The summed E-state index contributed by atoms with van der Waals surface area (Å²) in [6.45, 7) is 6.94. The minimum Gasteiger partial charge on any atom is -0.385 e. The number of hydrogen-bond donors (Lipinski definition) is 2. The van der Waals surface area contributed by atoms with Crippen molar-refractivity contribution in [1.29, 1.82) is 0 Å². The molecule has 0 heterocycles. The smallest absolute Gasteiger partial charge is 0.191 e. The number of nitrogens with zero attached hydrogens (tertiary/aromatic N) is 1. The number of methoxy groups -OCH3 is 1. The van der Waals surface area contributed by atoms with Gasteiger partial charge in [0.05, 0.1) is 0 Å². The summed E-state index contributed by atoms with van der Waals surface area (Å²) in [6, 6.07) is 4.07.